The van der Waals surface area contributed by atoms with E-state index in [1.807, 2.05) is 0 Å². The van der Waals surface area contributed by atoms with Gasteiger partial charge in [0.15, 0.2) is 18.1 Å². The van der Waals surface area contributed by atoms with Crippen molar-refractivity contribution in [1.82, 2.24) is 0 Å². The third-order valence-corrected chi connectivity index (χ3v) is 4.48. The van der Waals surface area contributed by atoms with E-state index >= 15 is 0 Å². The molecule has 0 saturated heterocycles. The number of benzene rings is 2. The lowest BCUT2D eigenvalue weighted by molar-refractivity contribution is -0.384. The van der Waals surface area contributed by atoms with Crippen LogP contribution in [0.25, 0.3) is 6.08 Å². The second kappa shape index (κ2) is 9.06. The van der Waals surface area contributed by atoms with Gasteiger partial charge in [-0.15, -0.1) is 0 Å². The van der Waals surface area contributed by atoms with Crippen LogP contribution in [0.4, 0.5) is 11.4 Å². The minimum atomic E-state index is -0.979. The Bertz CT molecular complexity index is 1110. The van der Waals surface area contributed by atoms with E-state index in [-0.39, 0.29) is 28.2 Å². The average molecular weight is 474 g/mol. The number of fused-ring (bicyclic) bond motifs is 1. The van der Waals surface area contributed by atoms with Gasteiger partial charge in [-0.25, -0.2) is 4.79 Å². The second-order valence-corrected chi connectivity index (χ2v) is 6.68. The van der Waals surface area contributed by atoms with Crippen molar-refractivity contribution in [3.63, 3.8) is 0 Å². The molecule has 0 spiro atoms. The molecule has 3 rings (SSSR count). The monoisotopic (exact) mass is 473 g/mol. The summed E-state index contributed by atoms with van der Waals surface area (Å²) in [5.41, 5.74) is 0.321. The third kappa shape index (κ3) is 4.92. The molecule has 1 amide bonds. The van der Waals surface area contributed by atoms with E-state index in [1.54, 1.807) is 24.3 Å². The van der Waals surface area contributed by atoms with Crippen molar-refractivity contribution in [3.8, 4) is 17.6 Å². The Kier molecular flexibility index (Phi) is 6.29. The number of nitriles is 1. The van der Waals surface area contributed by atoms with Gasteiger partial charge in [-0.2, -0.15) is 5.26 Å². The van der Waals surface area contributed by atoms with Crippen LogP contribution in [0.1, 0.15) is 5.56 Å². The first-order valence-electron chi connectivity index (χ1n) is 8.29. The number of carbonyl (C=O) groups is 2. The number of nitrogens with zero attached hydrogens (tertiary/aromatic N) is 2. The van der Waals surface area contributed by atoms with Crippen molar-refractivity contribution in [2.45, 2.75) is 0 Å². The number of non-ortho nitro benzene ring substituents is 1. The highest BCUT2D eigenvalue weighted by Gasteiger charge is 2.17. The van der Waals surface area contributed by atoms with Crippen LogP contribution in [-0.4, -0.2) is 30.2 Å². The Morgan fingerprint density at radius 3 is 2.73 bits per heavy atom. The number of nitro benzene ring substituents is 1. The number of nitro groups is 1. The number of ether oxygens (including phenoxy) is 3. The van der Waals surface area contributed by atoms with Gasteiger partial charge in [-0.3, -0.25) is 14.9 Å². The quantitative estimate of drug-likeness (QED) is 0.221. The Morgan fingerprint density at radius 1 is 1.27 bits per heavy atom. The topological polar surface area (TPSA) is 141 Å². The summed E-state index contributed by atoms with van der Waals surface area (Å²) < 4.78 is 15.6. The Balaban J connectivity index is 1.60. The molecule has 11 heteroatoms. The van der Waals surface area contributed by atoms with Crippen LogP contribution in [0.15, 0.2) is 46.4 Å². The molecule has 1 N–H and O–H groups in total. The van der Waals surface area contributed by atoms with Crippen LogP contribution in [-0.2, 0) is 14.3 Å². The Hall–Kier alpha value is -3.91. The molecule has 0 aliphatic carbocycles. The lowest BCUT2D eigenvalue weighted by Gasteiger charge is -2.08. The summed E-state index contributed by atoms with van der Waals surface area (Å²) >= 11 is 3.12. The van der Waals surface area contributed by atoms with Crippen LogP contribution in [0, 0.1) is 21.4 Å². The van der Waals surface area contributed by atoms with Gasteiger partial charge in [0.05, 0.1) is 10.6 Å². The van der Waals surface area contributed by atoms with Crippen molar-refractivity contribution >= 4 is 45.3 Å². The predicted octanol–water partition coefficient (Wildman–Crippen LogP) is 3.17. The van der Waals surface area contributed by atoms with Gasteiger partial charge < -0.3 is 19.5 Å². The van der Waals surface area contributed by atoms with Crippen molar-refractivity contribution in [1.29, 1.82) is 5.26 Å². The van der Waals surface area contributed by atoms with Crippen LogP contribution >= 0.6 is 15.9 Å². The zero-order chi connectivity index (χ0) is 21.7. The molecule has 0 bridgehead atoms. The van der Waals surface area contributed by atoms with Gasteiger partial charge in [0.1, 0.15) is 11.6 Å². The maximum atomic E-state index is 12.1. The van der Waals surface area contributed by atoms with E-state index in [1.165, 1.54) is 24.3 Å². The summed E-state index contributed by atoms with van der Waals surface area (Å²) in [4.78, 5) is 34.3. The fourth-order valence-corrected chi connectivity index (χ4v) is 2.89. The highest BCUT2D eigenvalue weighted by Crippen LogP contribution is 2.33. The molecule has 1 aliphatic rings. The molecule has 2 aromatic rings. The van der Waals surface area contributed by atoms with Crippen LogP contribution in [0.3, 0.4) is 0 Å². The van der Waals surface area contributed by atoms with E-state index in [0.717, 1.165) is 0 Å². The predicted molar refractivity (Wildman–Crippen MR) is 107 cm³/mol. The summed E-state index contributed by atoms with van der Waals surface area (Å²) in [6, 6.07) is 10.4. The first-order chi connectivity index (χ1) is 14.4. The van der Waals surface area contributed by atoms with Gasteiger partial charge in [-0.05, 0) is 45.8 Å². The van der Waals surface area contributed by atoms with Gasteiger partial charge in [0, 0.05) is 16.6 Å². The third-order valence-electron chi connectivity index (χ3n) is 3.82. The lowest BCUT2D eigenvalue weighted by atomic mass is 10.1. The van der Waals surface area contributed by atoms with Crippen LogP contribution in [0.5, 0.6) is 11.5 Å². The fraction of sp³-hybridized carbons (Fsp3) is 0.105. The SMILES string of the molecule is N#C/C(=C\c1ccc2c(c1)OCO2)C(=O)OCC(=O)Nc1ccc([N+](=O)[O-])cc1Br. The van der Waals surface area contributed by atoms with Gasteiger partial charge in [0.2, 0.25) is 6.79 Å². The standard InChI is InChI=1S/C19H12BrN3O7/c20-14-7-13(23(26)27)2-3-15(14)22-18(24)9-28-19(25)12(8-21)5-11-1-4-16-17(6-11)30-10-29-16/h1-7H,9-10H2,(H,22,24)/b12-5+. The highest BCUT2D eigenvalue weighted by atomic mass is 79.9. The molecule has 10 nitrogen and oxygen atoms in total. The van der Waals surface area contributed by atoms with E-state index in [9.17, 15) is 25.0 Å². The largest absolute Gasteiger partial charge is 0.454 e. The minimum Gasteiger partial charge on any atom is -0.454 e. The molecule has 30 heavy (non-hydrogen) atoms. The number of amides is 1. The molecule has 152 valence electrons. The molecule has 2 aromatic carbocycles. The highest BCUT2D eigenvalue weighted by molar-refractivity contribution is 9.10. The van der Waals surface area contributed by atoms with Gasteiger partial charge in [0.25, 0.3) is 11.6 Å². The summed E-state index contributed by atoms with van der Waals surface area (Å²) in [5.74, 6) is -0.615. The number of halogens is 1. The summed E-state index contributed by atoms with van der Waals surface area (Å²) in [6.45, 7) is -0.557. The van der Waals surface area contributed by atoms with E-state index < -0.39 is 23.4 Å². The molecule has 0 saturated carbocycles. The minimum absolute atomic E-state index is 0.0929. The number of anilines is 1. The van der Waals surface area contributed by atoms with Crippen LogP contribution < -0.4 is 14.8 Å². The molecule has 0 atom stereocenters. The van der Waals surface area contributed by atoms with Gasteiger partial charge >= 0.3 is 5.97 Å². The molecule has 0 aromatic heterocycles. The van der Waals surface area contributed by atoms with Crippen LogP contribution in [0.2, 0.25) is 0 Å². The van der Waals surface area contributed by atoms with E-state index in [0.29, 0.717) is 17.1 Å². The smallest absolute Gasteiger partial charge is 0.349 e. The Morgan fingerprint density at radius 2 is 2.03 bits per heavy atom. The molecule has 0 radical (unpaired) electrons. The molecule has 0 unspecified atom stereocenters. The summed E-state index contributed by atoms with van der Waals surface area (Å²) in [6.07, 6.45) is 1.30. The lowest BCUT2D eigenvalue weighted by Crippen LogP contribution is -2.21. The molecule has 1 heterocycles. The van der Waals surface area contributed by atoms with Crippen molar-refractivity contribution in [2.75, 3.05) is 18.7 Å². The average Bonchev–Trinajstić information content (AvgIpc) is 3.19. The second-order valence-electron chi connectivity index (χ2n) is 5.83. The molecular weight excluding hydrogens is 462 g/mol. The maximum absolute atomic E-state index is 12.1. The first kappa shape index (κ1) is 20.8. The number of nitrogens with one attached hydrogen (secondary N) is 1. The van der Waals surface area contributed by atoms with Crippen molar-refractivity contribution < 1.29 is 28.7 Å². The number of rotatable bonds is 6. The van der Waals surface area contributed by atoms with E-state index in [2.05, 4.69) is 21.2 Å². The van der Waals surface area contributed by atoms with Crippen molar-refractivity contribution in [2.24, 2.45) is 0 Å². The summed E-state index contributed by atoms with van der Waals surface area (Å²) in [5, 5.41) is 22.4. The normalized spacial score (nSPS) is 12.1. The zero-order valence-electron chi connectivity index (χ0n) is 15.1. The number of hydrogen-bond acceptors (Lipinski definition) is 8. The van der Waals surface area contributed by atoms with Gasteiger partial charge in [-0.1, -0.05) is 6.07 Å². The van der Waals surface area contributed by atoms with E-state index in [4.69, 9.17) is 14.2 Å². The zero-order valence-corrected chi connectivity index (χ0v) is 16.7. The first-order valence-corrected chi connectivity index (χ1v) is 9.09. The van der Waals surface area contributed by atoms with Crippen molar-refractivity contribution in [3.05, 3.63) is 62.1 Å². The number of hydrogen-bond donors (Lipinski definition) is 1. The number of carbonyl (C=O) groups excluding carboxylic acids is 2. The molecule has 0 fully saturated rings. The fourth-order valence-electron chi connectivity index (χ4n) is 2.42. The number of esters is 1. The Labute approximate surface area is 177 Å². The summed E-state index contributed by atoms with van der Waals surface area (Å²) in [7, 11) is 0. The molecule has 1 aliphatic heterocycles. The molecular formula is C19H12BrN3O7. The maximum Gasteiger partial charge on any atom is 0.349 e.